The minimum absolute atomic E-state index is 0.288. The van der Waals surface area contributed by atoms with Crippen molar-refractivity contribution >= 4 is 0 Å². The Morgan fingerprint density at radius 1 is 1.23 bits per heavy atom. The van der Waals surface area contributed by atoms with Gasteiger partial charge in [0, 0.05) is 0 Å². The van der Waals surface area contributed by atoms with Gasteiger partial charge in [0.15, 0.2) is 0 Å². The van der Waals surface area contributed by atoms with Crippen LogP contribution in [0.4, 0.5) is 0 Å². The Kier molecular flexibility index (Phi) is 3.49. The third kappa shape index (κ3) is 2.56. The maximum absolute atomic E-state index is 9.74. The maximum Gasteiger partial charge on any atom is 0.0790 e. The normalized spacial score (nSPS) is 12.9. The number of hydrogen-bond acceptors (Lipinski definition) is 1. The zero-order chi connectivity index (χ0) is 9.84. The molecule has 1 aromatic rings. The van der Waals surface area contributed by atoms with Gasteiger partial charge in [0.1, 0.15) is 0 Å². The second-order valence-corrected chi connectivity index (χ2v) is 3.65. The van der Waals surface area contributed by atoms with Crippen LogP contribution in [0.1, 0.15) is 42.6 Å². The van der Waals surface area contributed by atoms with E-state index in [0.29, 0.717) is 0 Å². The summed E-state index contributed by atoms with van der Waals surface area (Å²) < 4.78 is 0. The van der Waals surface area contributed by atoms with Crippen molar-refractivity contribution in [3.8, 4) is 0 Å². The molecule has 1 aromatic carbocycles. The van der Waals surface area contributed by atoms with Gasteiger partial charge in [-0.3, -0.25) is 0 Å². The molecule has 0 spiro atoms. The lowest BCUT2D eigenvalue weighted by Crippen LogP contribution is -1.97. The fraction of sp³-hybridized carbons (Fsp3) is 0.500. The van der Waals surface area contributed by atoms with Crippen LogP contribution in [0.25, 0.3) is 0 Å². The summed E-state index contributed by atoms with van der Waals surface area (Å²) in [5.41, 5.74) is 3.59. The molecular weight excluding hydrogens is 160 g/mol. The highest BCUT2D eigenvalue weighted by molar-refractivity contribution is 5.30. The zero-order valence-electron chi connectivity index (χ0n) is 8.67. The molecule has 13 heavy (non-hydrogen) atoms. The van der Waals surface area contributed by atoms with Crippen molar-refractivity contribution in [3.05, 3.63) is 34.9 Å². The van der Waals surface area contributed by atoms with Gasteiger partial charge in [-0.25, -0.2) is 0 Å². The van der Waals surface area contributed by atoms with Crippen LogP contribution < -0.4 is 0 Å². The van der Waals surface area contributed by atoms with E-state index >= 15 is 0 Å². The van der Waals surface area contributed by atoms with Crippen molar-refractivity contribution in [2.45, 2.75) is 39.7 Å². The van der Waals surface area contributed by atoms with Gasteiger partial charge in [0.25, 0.3) is 0 Å². The van der Waals surface area contributed by atoms with Crippen molar-refractivity contribution in [3.63, 3.8) is 0 Å². The summed E-state index contributed by atoms with van der Waals surface area (Å²) in [6, 6.07) is 6.17. The Morgan fingerprint density at radius 3 is 2.46 bits per heavy atom. The molecule has 1 N–H and O–H groups in total. The summed E-state index contributed by atoms with van der Waals surface area (Å²) in [4.78, 5) is 0. The summed E-state index contributed by atoms with van der Waals surface area (Å²) >= 11 is 0. The molecule has 0 saturated carbocycles. The molecule has 1 unspecified atom stereocenters. The van der Waals surface area contributed by atoms with Gasteiger partial charge in [-0.05, 0) is 37.0 Å². The standard InChI is InChI=1S/C12H18O/c1-4-5-12(13)11-7-6-9(2)10(3)8-11/h6-8,12-13H,4-5H2,1-3H3. The quantitative estimate of drug-likeness (QED) is 0.754. The smallest absolute Gasteiger partial charge is 0.0790 e. The highest BCUT2D eigenvalue weighted by atomic mass is 16.3. The molecule has 0 fully saturated rings. The van der Waals surface area contributed by atoms with Gasteiger partial charge in [0.05, 0.1) is 6.10 Å². The highest BCUT2D eigenvalue weighted by Crippen LogP contribution is 2.20. The zero-order valence-corrected chi connectivity index (χ0v) is 8.67. The lowest BCUT2D eigenvalue weighted by molar-refractivity contribution is 0.166. The van der Waals surface area contributed by atoms with Gasteiger partial charge in [0.2, 0.25) is 0 Å². The van der Waals surface area contributed by atoms with Gasteiger partial charge in [-0.1, -0.05) is 31.5 Å². The second-order valence-electron chi connectivity index (χ2n) is 3.65. The average Bonchev–Trinajstić information content (AvgIpc) is 2.10. The molecule has 1 rings (SSSR count). The van der Waals surface area contributed by atoms with Gasteiger partial charge < -0.3 is 5.11 Å². The number of hydrogen-bond donors (Lipinski definition) is 1. The van der Waals surface area contributed by atoms with E-state index in [9.17, 15) is 5.11 Å². The fourth-order valence-corrected chi connectivity index (χ4v) is 1.41. The first kappa shape index (κ1) is 10.3. The van der Waals surface area contributed by atoms with Crippen molar-refractivity contribution < 1.29 is 5.11 Å². The monoisotopic (exact) mass is 178 g/mol. The minimum atomic E-state index is -0.288. The van der Waals surface area contributed by atoms with E-state index in [4.69, 9.17) is 0 Å². The Morgan fingerprint density at radius 2 is 1.92 bits per heavy atom. The number of benzene rings is 1. The number of aryl methyl sites for hydroxylation is 2. The lowest BCUT2D eigenvalue weighted by Gasteiger charge is -2.11. The summed E-state index contributed by atoms with van der Waals surface area (Å²) in [6.45, 7) is 6.26. The van der Waals surface area contributed by atoms with E-state index < -0.39 is 0 Å². The van der Waals surface area contributed by atoms with Crippen LogP contribution in [-0.2, 0) is 0 Å². The Balaban J connectivity index is 2.84. The summed E-state index contributed by atoms with van der Waals surface area (Å²) in [5.74, 6) is 0. The molecule has 1 atom stereocenters. The molecule has 0 aliphatic rings. The number of rotatable bonds is 3. The van der Waals surface area contributed by atoms with E-state index in [1.807, 2.05) is 6.07 Å². The van der Waals surface area contributed by atoms with Gasteiger partial charge in [-0.15, -0.1) is 0 Å². The minimum Gasteiger partial charge on any atom is -0.388 e. The van der Waals surface area contributed by atoms with Crippen molar-refractivity contribution in [2.75, 3.05) is 0 Å². The van der Waals surface area contributed by atoms with Crippen molar-refractivity contribution in [2.24, 2.45) is 0 Å². The molecule has 0 radical (unpaired) electrons. The third-order valence-corrected chi connectivity index (χ3v) is 2.48. The molecule has 0 bridgehead atoms. The topological polar surface area (TPSA) is 20.2 Å². The van der Waals surface area contributed by atoms with Crippen LogP contribution in [0.2, 0.25) is 0 Å². The van der Waals surface area contributed by atoms with Crippen LogP contribution in [-0.4, -0.2) is 5.11 Å². The molecule has 0 saturated heterocycles. The second kappa shape index (κ2) is 4.43. The molecule has 0 aliphatic heterocycles. The van der Waals surface area contributed by atoms with E-state index in [-0.39, 0.29) is 6.10 Å². The first-order chi connectivity index (χ1) is 6.15. The molecule has 1 heteroatoms. The molecular formula is C12H18O. The third-order valence-electron chi connectivity index (χ3n) is 2.48. The van der Waals surface area contributed by atoms with Crippen LogP contribution in [0.5, 0.6) is 0 Å². The average molecular weight is 178 g/mol. The van der Waals surface area contributed by atoms with Crippen molar-refractivity contribution in [1.82, 2.24) is 0 Å². The maximum atomic E-state index is 9.74. The molecule has 0 amide bonds. The Labute approximate surface area is 80.4 Å². The predicted molar refractivity (Wildman–Crippen MR) is 55.8 cm³/mol. The van der Waals surface area contributed by atoms with Crippen LogP contribution in [0.15, 0.2) is 18.2 Å². The summed E-state index contributed by atoms with van der Waals surface area (Å²) in [7, 11) is 0. The van der Waals surface area contributed by atoms with E-state index in [0.717, 1.165) is 18.4 Å². The number of aliphatic hydroxyl groups is 1. The summed E-state index contributed by atoms with van der Waals surface area (Å²) in [6.07, 6.45) is 1.58. The largest absolute Gasteiger partial charge is 0.388 e. The highest BCUT2D eigenvalue weighted by Gasteiger charge is 2.06. The van der Waals surface area contributed by atoms with E-state index in [2.05, 4.69) is 32.9 Å². The molecule has 0 aliphatic carbocycles. The first-order valence-electron chi connectivity index (χ1n) is 4.90. The Bertz CT molecular complexity index is 278. The fourth-order valence-electron chi connectivity index (χ4n) is 1.41. The van der Waals surface area contributed by atoms with E-state index in [1.165, 1.54) is 11.1 Å². The van der Waals surface area contributed by atoms with Crippen LogP contribution in [0, 0.1) is 13.8 Å². The van der Waals surface area contributed by atoms with Crippen molar-refractivity contribution in [1.29, 1.82) is 0 Å². The molecule has 72 valence electrons. The molecule has 1 nitrogen and oxygen atoms in total. The molecule has 0 heterocycles. The summed E-state index contributed by atoms with van der Waals surface area (Å²) in [5, 5.41) is 9.74. The van der Waals surface area contributed by atoms with E-state index in [1.54, 1.807) is 0 Å². The lowest BCUT2D eigenvalue weighted by atomic mass is 10.0. The first-order valence-corrected chi connectivity index (χ1v) is 4.90. The molecule has 0 aromatic heterocycles. The predicted octanol–water partition coefficient (Wildman–Crippen LogP) is 3.14. The number of aliphatic hydroxyl groups excluding tert-OH is 1. The van der Waals surface area contributed by atoms with Gasteiger partial charge in [-0.2, -0.15) is 0 Å². The Hall–Kier alpha value is -0.820. The van der Waals surface area contributed by atoms with Crippen LogP contribution in [0.3, 0.4) is 0 Å². The van der Waals surface area contributed by atoms with Crippen LogP contribution >= 0.6 is 0 Å². The van der Waals surface area contributed by atoms with Gasteiger partial charge >= 0.3 is 0 Å². The SMILES string of the molecule is CCCC(O)c1ccc(C)c(C)c1.